The van der Waals surface area contributed by atoms with Crippen LogP contribution in [0.4, 0.5) is 4.79 Å². The van der Waals surface area contributed by atoms with Crippen molar-refractivity contribution in [3.05, 3.63) is 17.5 Å². The first kappa shape index (κ1) is 15.0. The summed E-state index contributed by atoms with van der Waals surface area (Å²) in [5, 5.41) is 26.6. The summed E-state index contributed by atoms with van der Waals surface area (Å²) in [5.74, 6) is -1.30. The van der Waals surface area contributed by atoms with Crippen molar-refractivity contribution in [1.29, 1.82) is 0 Å². The molecule has 0 fully saturated rings. The molecule has 8 nitrogen and oxygen atoms in total. The van der Waals surface area contributed by atoms with Crippen LogP contribution in [-0.2, 0) is 18.4 Å². The maximum absolute atomic E-state index is 11.4. The van der Waals surface area contributed by atoms with Gasteiger partial charge in [0, 0.05) is 37.8 Å². The Balaban J connectivity index is 2.25. The molecule has 0 radical (unpaired) electrons. The number of rotatable bonds is 6. The summed E-state index contributed by atoms with van der Waals surface area (Å²) in [6, 6.07) is -0.416. The minimum absolute atomic E-state index is 0.0331. The van der Waals surface area contributed by atoms with Crippen molar-refractivity contribution >= 4 is 12.0 Å². The van der Waals surface area contributed by atoms with Gasteiger partial charge in [-0.15, -0.1) is 0 Å². The molecule has 0 aromatic carbocycles. The van der Waals surface area contributed by atoms with Crippen LogP contribution in [0.15, 0.2) is 6.20 Å². The molecule has 0 saturated carbocycles. The van der Waals surface area contributed by atoms with Gasteiger partial charge in [0.25, 0.3) is 0 Å². The fraction of sp³-hybridized carbons (Fsp3) is 0.545. The van der Waals surface area contributed by atoms with Crippen molar-refractivity contribution in [1.82, 2.24) is 20.4 Å². The van der Waals surface area contributed by atoms with Gasteiger partial charge in [0.05, 0.1) is 6.20 Å². The molecule has 0 aliphatic heterocycles. The number of carboxylic acid groups (broad SMARTS) is 1. The Bertz CT molecular complexity index is 458. The zero-order valence-electron chi connectivity index (χ0n) is 10.9. The Kier molecular flexibility index (Phi) is 5.31. The van der Waals surface area contributed by atoms with Gasteiger partial charge < -0.3 is 20.8 Å². The molecule has 0 bridgehead atoms. The molecule has 1 heterocycles. The van der Waals surface area contributed by atoms with Crippen LogP contribution in [0.5, 0.6) is 0 Å². The number of nitrogens with zero attached hydrogens (tertiary/aromatic N) is 2. The second-order valence-electron chi connectivity index (χ2n) is 4.13. The number of aromatic nitrogens is 2. The minimum atomic E-state index is -1.46. The van der Waals surface area contributed by atoms with E-state index in [0.717, 1.165) is 11.3 Å². The smallest absolute Gasteiger partial charge is 0.332 e. The zero-order chi connectivity index (χ0) is 14.4. The number of aliphatic hydroxyl groups is 1. The number of carbonyl (C=O) groups excluding carboxylic acids is 1. The van der Waals surface area contributed by atoms with Gasteiger partial charge in [0.2, 0.25) is 0 Å². The average molecular weight is 270 g/mol. The molecule has 0 aliphatic carbocycles. The van der Waals surface area contributed by atoms with E-state index in [2.05, 4.69) is 15.7 Å². The summed E-state index contributed by atoms with van der Waals surface area (Å²) in [4.78, 5) is 21.7. The Morgan fingerprint density at radius 1 is 1.47 bits per heavy atom. The highest BCUT2D eigenvalue weighted by Crippen LogP contribution is 2.04. The lowest BCUT2D eigenvalue weighted by Crippen LogP contribution is -2.37. The number of aryl methyl sites for hydroxylation is 1. The van der Waals surface area contributed by atoms with E-state index in [1.54, 1.807) is 10.9 Å². The number of carbonyl (C=O) groups is 2. The molecule has 1 rings (SSSR count). The molecule has 106 valence electrons. The van der Waals surface area contributed by atoms with Gasteiger partial charge in [-0.25, -0.2) is 9.59 Å². The topological polar surface area (TPSA) is 116 Å². The number of nitrogens with one attached hydrogen (secondary N) is 2. The first-order chi connectivity index (χ1) is 8.91. The molecule has 4 N–H and O–H groups in total. The summed E-state index contributed by atoms with van der Waals surface area (Å²) in [6.07, 6.45) is 0.180. The molecule has 0 aliphatic rings. The zero-order valence-corrected chi connectivity index (χ0v) is 10.9. The number of amides is 2. The molecule has 8 heteroatoms. The quantitative estimate of drug-likeness (QED) is 0.549. The first-order valence-electron chi connectivity index (χ1n) is 5.82. The molecule has 1 atom stereocenters. The third kappa shape index (κ3) is 4.59. The second-order valence-corrected chi connectivity index (χ2v) is 4.13. The number of urea groups is 1. The Hall–Kier alpha value is -2.09. The number of aliphatic hydroxyl groups excluding tert-OH is 1. The van der Waals surface area contributed by atoms with E-state index in [1.807, 2.05) is 14.0 Å². The second kappa shape index (κ2) is 6.74. The highest BCUT2D eigenvalue weighted by molar-refractivity contribution is 5.74. The molecule has 19 heavy (non-hydrogen) atoms. The van der Waals surface area contributed by atoms with Crippen LogP contribution < -0.4 is 10.6 Å². The summed E-state index contributed by atoms with van der Waals surface area (Å²) in [6.45, 7) is 2.32. The van der Waals surface area contributed by atoms with Crippen LogP contribution in [0, 0.1) is 6.92 Å². The fourth-order valence-corrected chi connectivity index (χ4v) is 1.40. The van der Waals surface area contributed by atoms with Gasteiger partial charge in [-0.1, -0.05) is 0 Å². The Morgan fingerprint density at radius 2 is 2.16 bits per heavy atom. The maximum Gasteiger partial charge on any atom is 0.332 e. The van der Waals surface area contributed by atoms with Gasteiger partial charge in [-0.2, -0.15) is 5.10 Å². The van der Waals surface area contributed by atoms with Gasteiger partial charge >= 0.3 is 12.0 Å². The molecule has 1 aromatic rings. The van der Waals surface area contributed by atoms with Gasteiger partial charge in [0.1, 0.15) is 0 Å². The van der Waals surface area contributed by atoms with E-state index < -0.39 is 18.1 Å². The van der Waals surface area contributed by atoms with Crippen LogP contribution in [-0.4, -0.2) is 44.6 Å². The third-order valence-corrected chi connectivity index (χ3v) is 2.76. The van der Waals surface area contributed by atoms with E-state index in [-0.39, 0.29) is 13.0 Å². The number of carboxylic acids is 1. The molecule has 0 saturated heterocycles. The third-order valence-electron chi connectivity index (χ3n) is 2.76. The van der Waals surface area contributed by atoms with Crippen LogP contribution in [0.2, 0.25) is 0 Å². The van der Waals surface area contributed by atoms with Gasteiger partial charge in [0.15, 0.2) is 6.10 Å². The normalized spacial score (nSPS) is 11.9. The Morgan fingerprint density at radius 3 is 2.68 bits per heavy atom. The van der Waals surface area contributed by atoms with Crippen molar-refractivity contribution in [2.45, 2.75) is 26.0 Å². The number of hydrogen-bond acceptors (Lipinski definition) is 4. The summed E-state index contributed by atoms with van der Waals surface area (Å²) in [7, 11) is 1.81. The van der Waals surface area contributed by atoms with E-state index in [1.165, 1.54) is 0 Å². The standard InChI is InChI=1S/C11H18N4O4/c1-7-8(6-14-15(7)2)5-13-11(19)12-4-3-9(16)10(17)18/h6,9,16H,3-5H2,1-2H3,(H,17,18)(H2,12,13,19)/t9-/m0/s1. The fourth-order valence-electron chi connectivity index (χ4n) is 1.40. The highest BCUT2D eigenvalue weighted by Gasteiger charge is 2.12. The SMILES string of the molecule is Cc1c(CNC(=O)NCC[C@H](O)C(=O)O)cnn1C. The molecule has 1 aromatic heterocycles. The molecular formula is C11H18N4O4. The van der Waals surface area contributed by atoms with E-state index in [4.69, 9.17) is 10.2 Å². The molecule has 2 amide bonds. The maximum atomic E-state index is 11.4. The predicted molar refractivity (Wildman–Crippen MR) is 66.4 cm³/mol. The molecular weight excluding hydrogens is 252 g/mol. The number of hydrogen-bond donors (Lipinski definition) is 4. The van der Waals surface area contributed by atoms with Crippen molar-refractivity contribution < 1.29 is 19.8 Å². The lowest BCUT2D eigenvalue weighted by atomic mass is 10.2. The molecule has 0 spiro atoms. The van der Waals surface area contributed by atoms with E-state index >= 15 is 0 Å². The Labute approximate surface area is 110 Å². The van der Waals surface area contributed by atoms with Crippen molar-refractivity contribution in [3.8, 4) is 0 Å². The monoisotopic (exact) mass is 270 g/mol. The lowest BCUT2D eigenvalue weighted by Gasteiger charge is -2.08. The largest absolute Gasteiger partial charge is 0.479 e. The number of aliphatic carboxylic acids is 1. The lowest BCUT2D eigenvalue weighted by molar-refractivity contribution is -0.146. The average Bonchev–Trinajstić information content (AvgIpc) is 2.67. The van der Waals surface area contributed by atoms with Crippen molar-refractivity contribution in [3.63, 3.8) is 0 Å². The van der Waals surface area contributed by atoms with Crippen LogP contribution in [0.1, 0.15) is 17.7 Å². The molecule has 0 unspecified atom stereocenters. The first-order valence-corrected chi connectivity index (χ1v) is 5.82. The van der Waals surface area contributed by atoms with Crippen LogP contribution in [0.25, 0.3) is 0 Å². The summed E-state index contributed by atoms with van der Waals surface area (Å²) >= 11 is 0. The summed E-state index contributed by atoms with van der Waals surface area (Å²) < 4.78 is 1.71. The van der Waals surface area contributed by atoms with Crippen LogP contribution in [0.3, 0.4) is 0 Å². The van der Waals surface area contributed by atoms with Crippen molar-refractivity contribution in [2.75, 3.05) is 6.54 Å². The van der Waals surface area contributed by atoms with E-state index in [0.29, 0.717) is 6.54 Å². The summed E-state index contributed by atoms with van der Waals surface area (Å²) in [5.41, 5.74) is 1.87. The van der Waals surface area contributed by atoms with Gasteiger partial charge in [-0.3, -0.25) is 4.68 Å². The van der Waals surface area contributed by atoms with E-state index in [9.17, 15) is 9.59 Å². The van der Waals surface area contributed by atoms with Crippen molar-refractivity contribution in [2.24, 2.45) is 7.05 Å². The minimum Gasteiger partial charge on any atom is -0.479 e. The highest BCUT2D eigenvalue weighted by atomic mass is 16.4. The van der Waals surface area contributed by atoms with Gasteiger partial charge in [-0.05, 0) is 6.92 Å². The van der Waals surface area contributed by atoms with Crippen LogP contribution >= 0.6 is 0 Å². The predicted octanol–water partition coefficient (Wildman–Crippen LogP) is -0.637.